The number of aryl methyl sites for hydroxylation is 1. The average Bonchev–Trinajstić information content (AvgIpc) is 2.68. The van der Waals surface area contributed by atoms with E-state index in [4.69, 9.17) is 10.2 Å². The molecular formula is C23H42N2O4. The van der Waals surface area contributed by atoms with E-state index in [1.807, 2.05) is 18.2 Å². The standard InChI is InChI=1S/2C8H17NO2.C7H8/c2*1-2-3-4-5-6-7-9-8(10)11;1-7-5-3-2-4-6-7/h2*9H,2-7H2,1H3,(H,10,11);2-6H,1H3. The van der Waals surface area contributed by atoms with Gasteiger partial charge < -0.3 is 20.8 Å². The fourth-order valence-electron chi connectivity index (χ4n) is 2.38. The fourth-order valence-corrected chi connectivity index (χ4v) is 2.38. The van der Waals surface area contributed by atoms with E-state index in [0.717, 1.165) is 25.7 Å². The molecule has 0 aromatic heterocycles. The molecule has 29 heavy (non-hydrogen) atoms. The van der Waals surface area contributed by atoms with Gasteiger partial charge in [-0.1, -0.05) is 101 Å². The number of benzene rings is 1. The van der Waals surface area contributed by atoms with Crippen LogP contribution < -0.4 is 10.6 Å². The highest BCUT2D eigenvalue weighted by atomic mass is 16.4. The Hall–Kier alpha value is -2.24. The van der Waals surface area contributed by atoms with Gasteiger partial charge in [-0.25, -0.2) is 9.59 Å². The molecule has 0 saturated heterocycles. The predicted molar refractivity (Wildman–Crippen MR) is 121 cm³/mol. The molecule has 4 N–H and O–H groups in total. The maximum Gasteiger partial charge on any atom is 0.404 e. The van der Waals surface area contributed by atoms with Crippen LogP contribution in [0, 0.1) is 6.92 Å². The second-order valence-corrected chi connectivity index (χ2v) is 6.95. The van der Waals surface area contributed by atoms with Gasteiger partial charge in [0.2, 0.25) is 0 Å². The van der Waals surface area contributed by atoms with Crippen molar-refractivity contribution in [3.8, 4) is 0 Å². The molecule has 0 spiro atoms. The van der Waals surface area contributed by atoms with Gasteiger partial charge >= 0.3 is 12.2 Å². The number of unbranched alkanes of at least 4 members (excludes halogenated alkanes) is 8. The summed E-state index contributed by atoms with van der Waals surface area (Å²) < 4.78 is 0. The highest BCUT2D eigenvalue weighted by Crippen LogP contribution is 2.01. The first-order valence-corrected chi connectivity index (χ1v) is 10.9. The number of carboxylic acid groups (broad SMARTS) is 2. The lowest BCUT2D eigenvalue weighted by atomic mass is 10.1. The van der Waals surface area contributed by atoms with Crippen molar-refractivity contribution in [3.63, 3.8) is 0 Å². The SMILES string of the molecule is CCCCCCCNC(=O)O.CCCCCCCNC(=O)O.Cc1ccccc1. The van der Waals surface area contributed by atoms with Crippen molar-refractivity contribution in [1.82, 2.24) is 10.6 Å². The van der Waals surface area contributed by atoms with E-state index in [0.29, 0.717) is 13.1 Å². The molecule has 0 aliphatic rings. The van der Waals surface area contributed by atoms with Crippen molar-refractivity contribution in [3.05, 3.63) is 35.9 Å². The fraction of sp³-hybridized carbons (Fsp3) is 0.652. The lowest BCUT2D eigenvalue weighted by Crippen LogP contribution is -2.21. The third-order valence-electron chi connectivity index (χ3n) is 4.05. The number of carbonyl (C=O) groups is 2. The monoisotopic (exact) mass is 410 g/mol. The average molecular weight is 411 g/mol. The van der Waals surface area contributed by atoms with Crippen LogP contribution in [0.25, 0.3) is 0 Å². The van der Waals surface area contributed by atoms with Crippen LogP contribution in [-0.4, -0.2) is 35.5 Å². The molecule has 1 aromatic carbocycles. The second-order valence-electron chi connectivity index (χ2n) is 6.95. The largest absolute Gasteiger partial charge is 0.465 e. The van der Waals surface area contributed by atoms with Crippen LogP contribution in [0.2, 0.25) is 0 Å². The van der Waals surface area contributed by atoms with Crippen LogP contribution in [0.3, 0.4) is 0 Å². The Kier molecular flexibility index (Phi) is 23.8. The summed E-state index contributed by atoms with van der Waals surface area (Å²) in [5, 5.41) is 21.1. The van der Waals surface area contributed by atoms with Gasteiger partial charge in [-0.2, -0.15) is 0 Å². The highest BCUT2D eigenvalue weighted by molar-refractivity contribution is 5.64. The Morgan fingerprint density at radius 3 is 1.34 bits per heavy atom. The molecule has 0 unspecified atom stereocenters. The summed E-state index contributed by atoms with van der Waals surface area (Å²) in [6.45, 7) is 7.60. The van der Waals surface area contributed by atoms with Crippen molar-refractivity contribution in [2.24, 2.45) is 0 Å². The van der Waals surface area contributed by atoms with Crippen molar-refractivity contribution >= 4 is 12.2 Å². The Bertz CT molecular complexity index is 455. The Balaban J connectivity index is 0. The van der Waals surface area contributed by atoms with E-state index in [-0.39, 0.29) is 0 Å². The van der Waals surface area contributed by atoms with Crippen molar-refractivity contribution in [2.75, 3.05) is 13.1 Å². The molecule has 0 fully saturated rings. The van der Waals surface area contributed by atoms with E-state index < -0.39 is 12.2 Å². The molecule has 0 heterocycles. The molecule has 0 aliphatic heterocycles. The summed E-state index contributed by atoms with van der Waals surface area (Å²) in [7, 11) is 0. The molecule has 1 aromatic rings. The lowest BCUT2D eigenvalue weighted by Gasteiger charge is -1.99. The van der Waals surface area contributed by atoms with Gasteiger partial charge in [0.15, 0.2) is 0 Å². The van der Waals surface area contributed by atoms with Crippen LogP contribution in [0.15, 0.2) is 30.3 Å². The first kappa shape index (κ1) is 29.0. The van der Waals surface area contributed by atoms with Crippen LogP contribution in [0.5, 0.6) is 0 Å². The number of nitrogens with one attached hydrogen (secondary N) is 2. The zero-order valence-corrected chi connectivity index (χ0v) is 18.6. The van der Waals surface area contributed by atoms with Gasteiger partial charge in [0, 0.05) is 13.1 Å². The number of rotatable bonds is 12. The quantitative estimate of drug-likeness (QED) is 0.298. The van der Waals surface area contributed by atoms with Crippen LogP contribution in [0.1, 0.15) is 83.6 Å². The predicted octanol–water partition coefficient (Wildman–Crippen LogP) is 6.44. The summed E-state index contributed by atoms with van der Waals surface area (Å²) in [6, 6.07) is 10.3. The maximum absolute atomic E-state index is 9.98. The third kappa shape index (κ3) is 30.7. The number of hydrogen-bond acceptors (Lipinski definition) is 2. The topological polar surface area (TPSA) is 98.7 Å². The van der Waals surface area contributed by atoms with Crippen LogP contribution in [0.4, 0.5) is 9.59 Å². The zero-order chi connectivity index (χ0) is 22.2. The summed E-state index contributed by atoms with van der Waals surface area (Å²) in [6.07, 6.45) is 9.77. The van der Waals surface area contributed by atoms with Crippen molar-refractivity contribution < 1.29 is 19.8 Å². The van der Waals surface area contributed by atoms with Crippen LogP contribution >= 0.6 is 0 Å². The van der Waals surface area contributed by atoms with Crippen molar-refractivity contribution in [1.29, 1.82) is 0 Å². The first-order valence-electron chi connectivity index (χ1n) is 10.9. The van der Waals surface area contributed by atoms with E-state index in [2.05, 4.69) is 43.5 Å². The molecule has 0 bridgehead atoms. The van der Waals surface area contributed by atoms with E-state index in [9.17, 15) is 9.59 Å². The van der Waals surface area contributed by atoms with Gasteiger partial charge in [-0.05, 0) is 19.8 Å². The van der Waals surface area contributed by atoms with Crippen LogP contribution in [-0.2, 0) is 0 Å². The minimum absolute atomic E-state index is 0.596. The normalized spacial score (nSPS) is 9.34. The molecule has 6 nitrogen and oxygen atoms in total. The number of hydrogen-bond donors (Lipinski definition) is 4. The molecule has 0 aliphatic carbocycles. The minimum Gasteiger partial charge on any atom is -0.465 e. The first-order chi connectivity index (χ1) is 13.9. The Morgan fingerprint density at radius 2 is 1.07 bits per heavy atom. The molecule has 0 radical (unpaired) electrons. The van der Waals surface area contributed by atoms with Crippen molar-refractivity contribution in [2.45, 2.75) is 85.0 Å². The maximum atomic E-state index is 9.98. The summed E-state index contributed by atoms with van der Waals surface area (Å²) in [4.78, 5) is 20.0. The number of amides is 2. The third-order valence-corrected chi connectivity index (χ3v) is 4.05. The lowest BCUT2D eigenvalue weighted by molar-refractivity contribution is 0.193. The Labute approximate surface area is 177 Å². The molecule has 6 heteroatoms. The summed E-state index contributed by atoms with van der Waals surface area (Å²) in [5.74, 6) is 0. The van der Waals surface area contributed by atoms with E-state index in [1.54, 1.807) is 0 Å². The Morgan fingerprint density at radius 1 is 0.690 bits per heavy atom. The molecule has 2 amide bonds. The highest BCUT2D eigenvalue weighted by Gasteiger charge is 1.93. The van der Waals surface area contributed by atoms with E-state index >= 15 is 0 Å². The zero-order valence-electron chi connectivity index (χ0n) is 18.6. The molecular weight excluding hydrogens is 368 g/mol. The van der Waals surface area contributed by atoms with Gasteiger partial charge in [0.05, 0.1) is 0 Å². The van der Waals surface area contributed by atoms with Gasteiger partial charge in [-0.15, -0.1) is 0 Å². The molecule has 0 atom stereocenters. The summed E-state index contributed by atoms with van der Waals surface area (Å²) >= 11 is 0. The summed E-state index contributed by atoms with van der Waals surface area (Å²) in [5.41, 5.74) is 1.32. The van der Waals surface area contributed by atoms with Gasteiger partial charge in [0.1, 0.15) is 0 Å². The minimum atomic E-state index is -0.916. The second kappa shape index (κ2) is 23.8. The molecule has 168 valence electrons. The smallest absolute Gasteiger partial charge is 0.404 e. The molecule has 1 rings (SSSR count). The van der Waals surface area contributed by atoms with E-state index in [1.165, 1.54) is 44.1 Å². The van der Waals surface area contributed by atoms with Gasteiger partial charge in [-0.3, -0.25) is 0 Å². The van der Waals surface area contributed by atoms with Gasteiger partial charge in [0.25, 0.3) is 0 Å². The molecule has 0 saturated carbocycles.